The second-order valence-electron chi connectivity index (χ2n) is 4.88. The molecular weight excluding hydrogens is 216 g/mol. The van der Waals surface area contributed by atoms with E-state index < -0.39 is 0 Å². The van der Waals surface area contributed by atoms with Gasteiger partial charge in [-0.3, -0.25) is 9.69 Å². The normalized spacial score (nSPS) is 29.2. The average Bonchev–Trinajstić information content (AvgIpc) is 3.00. The summed E-state index contributed by atoms with van der Waals surface area (Å²) >= 11 is 0. The fraction of sp³-hybridized carbons (Fsp3) is 0.615. The first-order valence-electron chi connectivity index (χ1n) is 6.37. The van der Waals surface area contributed by atoms with Crippen LogP contribution in [-0.4, -0.2) is 47.5 Å². The number of ether oxygens (including phenoxy) is 1. The molecule has 0 aromatic carbocycles. The second kappa shape index (κ2) is 4.63. The van der Waals surface area contributed by atoms with Gasteiger partial charge < -0.3 is 9.72 Å². The van der Waals surface area contributed by atoms with Crippen LogP contribution in [0.1, 0.15) is 29.8 Å². The molecule has 4 heteroatoms. The van der Waals surface area contributed by atoms with E-state index in [0.717, 1.165) is 19.6 Å². The van der Waals surface area contributed by atoms with E-state index in [1.807, 2.05) is 12.1 Å². The molecule has 0 radical (unpaired) electrons. The van der Waals surface area contributed by atoms with Crippen molar-refractivity contribution in [2.45, 2.75) is 31.4 Å². The van der Waals surface area contributed by atoms with Gasteiger partial charge in [-0.05, 0) is 31.4 Å². The number of rotatable bonds is 3. The third-order valence-electron chi connectivity index (χ3n) is 3.84. The zero-order valence-corrected chi connectivity index (χ0v) is 9.89. The number of nitrogens with zero attached hydrogens (tertiary/aromatic N) is 1. The molecule has 1 N–H and O–H groups in total. The van der Waals surface area contributed by atoms with Gasteiger partial charge in [0, 0.05) is 18.8 Å². The maximum Gasteiger partial charge on any atom is 0.192 e. The number of morpholine rings is 1. The lowest BCUT2D eigenvalue weighted by Gasteiger charge is -2.37. The molecule has 1 saturated carbocycles. The lowest BCUT2D eigenvalue weighted by Crippen LogP contribution is -2.50. The average molecular weight is 234 g/mol. The third kappa shape index (κ3) is 2.15. The van der Waals surface area contributed by atoms with Crippen molar-refractivity contribution in [1.29, 1.82) is 0 Å². The number of ketones is 1. The Balaban J connectivity index is 1.66. The molecule has 3 rings (SSSR count). The highest BCUT2D eigenvalue weighted by molar-refractivity contribution is 5.95. The van der Waals surface area contributed by atoms with Crippen LogP contribution in [0.2, 0.25) is 0 Å². The quantitative estimate of drug-likeness (QED) is 0.805. The molecule has 0 spiro atoms. The van der Waals surface area contributed by atoms with Crippen molar-refractivity contribution in [2.24, 2.45) is 0 Å². The summed E-state index contributed by atoms with van der Waals surface area (Å²) in [7, 11) is 0. The molecule has 1 aliphatic carbocycles. The van der Waals surface area contributed by atoms with Gasteiger partial charge in [0.05, 0.1) is 24.9 Å². The van der Waals surface area contributed by atoms with Gasteiger partial charge in [-0.15, -0.1) is 0 Å². The van der Waals surface area contributed by atoms with Crippen molar-refractivity contribution in [2.75, 3.05) is 19.7 Å². The van der Waals surface area contributed by atoms with Crippen LogP contribution in [0.3, 0.4) is 0 Å². The first kappa shape index (κ1) is 11.0. The predicted molar refractivity (Wildman–Crippen MR) is 64.1 cm³/mol. The third-order valence-corrected chi connectivity index (χ3v) is 3.84. The smallest absolute Gasteiger partial charge is 0.192 e. The standard InChI is InChI=1S/C13H18N2O2/c16-12(10-3-2-6-14-10)9-15-7-8-17-13-5-1-4-11(13)15/h2-3,6,11,13-14H,1,4-5,7-9H2. The molecule has 0 bridgehead atoms. The highest BCUT2D eigenvalue weighted by Crippen LogP contribution is 2.29. The molecule has 1 saturated heterocycles. The summed E-state index contributed by atoms with van der Waals surface area (Å²) in [6.45, 7) is 2.16. The van der Waals surface area contributed by atoms with Crippen molar-refractivity contribution in [3.05, 3.63) is 24.0 Å². The number of aromatic amines is 1. The van der Waals surface area contributed by atoms with Gasteiger partial charge in [0.25, 0.3) is 0 Å². The summed E-state index contributed by atoms with van der Waals surface area (Å²) in [5.41, 5.74) is 0.714. The molecule has 2 fully saturated rings. The fourth-order valence-corrected chi connectivity index (χ4v) is 2.98. The molecule has 2 unspecified atom stereocenters. The van der Waals surface area contributed by atoms with Crippen LogP contribution < -0.4 is 0 Å². The van der Waals surface area contributed by atoms with Gasteiger partial charge in [-0.1, -0.05) is 0 Å². The number of Topliss-reactive ketones (excluding diaryl/α,β-unsaturated/α-hetero) is 1. The molecule has 2 heterocycles. The molecule has 1 aliphatic heterocycles. The van der Waals surface area contributed by atoms with Crippen LogP contribution in [0, 0.1) is 0 Å². The SMILES string of the molecule is O=C(CN1CCOC2CCCC21)c1ccc[nH]1. The van der Waals surface area contributed by atoms with Crippen LogP contribution in [0.25, 0.3) is 0 Å². The first-order valence-corrected chi connectivity index (χ1v) is 6.37. The summed E-state index contributed by atoms with van der Waals surface area (Å²) in [4.78, 5) is 17.3. The van der Waals surface area contributed by atoms with E-state index in [4.69, 9.17) is 4.74 Å². The molecule has 0 amide bonds. The topological polar surface area (TPSA) is 45.3 Å². The summed E-state index contributed by atoms with van der Waals surface area (Å²) in [5, 5.41) is 0. The van der Waals surface area contributed by atoms with E-state index in [0.29, 0.717) is 24.4 Å². The lowest BCUT2D eigenvalue weighted by molar-refractivity contribution is -0.0522. The lowest BCUT2D eigenvalue weighted by atomic mass is 10.1. The maximum atomic E-state index is 12.0. The van der Waals surface area contributed by atoms with E-state index >= 15 is 0 Å². The second-order valence-corrected chi connectivity index (χ2v) is 4.88. The van der Waals surface area contributed by atoms with Gasteiger partial charge in [-0.2, -0.15) is 0 Å². The number of aromatic nitrogens is 1. The Kier molecular flexibility index (Phi) is 2.99. The van der Waals surface area contributed by atoms with Crippen LogP contribution in [0.4, 0.5) is 0 Å². The maximum absolute atomic E-state index is 12.0. The zero-order chi connectivity index (χ0) is 11.7. The number of hydrogen-bond donors (Lipinski definition) is 1. The first-order chi connectivity index (χ1) is 8.34. The van der Waals surface area contributed by atoms with Gasteiger partial charge in [0.1, 0.15) is 0 Å². The zero-order valence-electron chi connectivity index (χ0n) is 9.89. The molecule has 2 atom stereocenters. The summed E-state index contributed by atoms with van der Waals surface area (Å²) in [5.74, 6) is 0.183. The fourth-order valence-electron chi connectivity index (χ4n) is 2.98. The van der Waals surface area contributed by atoms with Crippen molar-refractivity contribution in [3.8, 4) is 0 Å². The highest BCUT2D eigenvalue weighted by atomic mass is 16.5. The molecule has 92 valence electrons. The van der Waals surface area contributed by atoms with Crippen molar-refractivity contribution >= 4 is 5.78 Å². The number of carbonyl (C=O) groups is 1. The molecule has 17 heavy (non-hydrogen) atoms. The predicted octanol–water partition coefficient (Wildman–Crippen LogP) is 1.45. The number of nitrogens with one attached hydrogen (secondary N) is 1. The van der Waals surface area contributed by atoms with Crippen molar-refractivity contribution in [1.82, 2.24) is 9.88 Å². The Labute approximate surface area is 101 Å². The minimum Gasteiger partial charge on any atom is -0.375 e. The van der Waals surface area contributed by atoms with Crippen LogP contribution in [0.5, 0.6) is 0 Å². The summed E-state index contributed by atoms with van der Waals surface area (Å²) < 4.78 is 5.74. The monoisotopic (exact) mass is 234 g/mol. The van der Waals surface area contributed by atoms with Gasteiger partial charge >= 0.3 is 0 Å². The van der Waals surface area contributed by atoms with E-state index in [2.05, 4.69) is 9.88 Å². The highest BCUT2D eigenvalue weighted by Gasteiger charge is 2.36. The Bertz CT molecular complexity index is 388. The van der Waals surface area contributed by atoms with E-state index in [1.165, 1.54) is 12.8 Å². The van der Waals surface area contributed by atoms with E-state index in [9.17, 15) is 4.79 Å². The Morgan fingerprint density at radius 3 is 3.29 bits per heavy atom. The van der Waals surface area contributed by atoms with Gasteiger partial charge in [0.15, 0.2) is 5.78 Å². The largest absolute Gasteiger partial charge is 0.375 e. The van der Waals surface area contributed by atoms with Gasteiger partial charge in [0.2, 0.25) is 0 Å². The number of hydrogen-bond acceptors (Lipinski definition) is 3. The van der Waals surface area contributed by atoms with Crippen molar-refractivity contribution in [3.63, 3.8) is 0 Å². The van der Waals surface area contributed by atoms with Crippen LogP contribution >= 0.6 is 0 Å². The van der Waals surface area contributed by atoms with E-state index in [1.54, 1.807) is 6.20 Å². The van der Waals surface area contributed by atoms with Crippen LogP contribution in [0.15, 0.2) is 18.3 Å². The Morgan fingerprint density at radius 2 is 2.47 bits per heavy atom. The Hall–Kier alpha value is -1.13. The summed E-state index contributed by atoms with van der Waals surface area (Å²) in [6.07, 6.45) is 5.70. The van der Waals surface area contributed by atoms with Crippen molar-refractivity contribution < 1.29 is 9.53 Å². The summed E-state index contributed by atoms with van der Waals surface area (Å²) in [6, 6.07) is 4.17. The number of carbonyl (C=O) groups excluding carboxylic acids is 1. The molecule has 1 aromatic heterocycles. The minimum absolute atomic E-state index is 0.183. The number of fused-ring (bicyclic) bond motifs is 1. The van der Waals surface area contributed by atoms with E-state index in [-0.39, 0.29) is 5.78 Å². The minimum atomic E-state index is 0.183. The molecule has 2 aliphatic rings. The number of H-pyrrole nitrogens is 1. The molecule has 1 aromatic rings. The molecule has 4 nitrogen and oxygen atoms in total. The Morgan fingerprint density at radius 1 is 1.53 bits per heavy atom. The molecular formula is C13H18N2O2. The van der Waals surface area contributed by atoms with Gasteiger partial charge in [-0.25, -0.2) is 0 Å². The van der Waals surface area contributed by atoms with Crippen LogP contribution in [-0.2, 0) is 4.74 Å².